The molecule has 11 nitrogen and oxygen atoms in total. The van der Waals surface area contributed by atoms with Crippen LogP contribution in [0.2, 0.25) is 0 Å². The van der Waals surface area contributed by atoms with Gasteiger partial charge in [0, 0.05) is 36.5 Å². The summed E-state index contributed by atoms with van der Waals surface area (Å²) in [5.74, 6) is 2.02. The monoisotopic (exact) mass is 609 g/mol. The largest absolute Gasteiger partial charge is 0.496 e. The molecule has 0 bridgehead atoms. The number of carbonyl (C=O) groups is 1. The molecule has 1 aromatic carbocycles. The number of nitrogens with zero attached hydrogens (tertiary/aromatic N) is 5. The van der Waals surface area contributed by atoms with Crippen LogP contribution in [0.5, 0.6) is 16.7 Å². The van der Waals surface area contributed by atoms with Crippen LogP contribution in [0.4, 0.5) is 0 Å². The summed E-state index contributed by atoms with van der Waals surface area (Å²) in [7, 11) is 3.17. The topological polar surface area (TPSA) is 124 Å². The van der Waals surface area contributed by atoms with E-state index < -0.39 is 5.60 Å². The number of likely N-dealkylation sites (tertiary alicyclic amines) is 1. The second-order valence-electron chi connectivity index (χ2n) is 10.8. The zero-order valence-electron chi connectivity index (χ0n) is 23.4. The SMILES string of the molecule is COc1cc(OCc2csc(C3(O)CCC(C(=O)N4CCCC4)CC3)n2)c2cc(-c3cn4nc(OC)sc4n3)oc2c1. The van der Waals surface area contributed by atoms with Crippen LogP contribution in [0.1, 0.15) is 49.2 Å². The molecule has 1 N–H and O–H groups in total. The van der Waals surface area contributed by atoms with E-state index in [0.29, 0.717) is 69.4 Å². The lowest BCUT2D eigenvalue weighted by Crippen LogP contribution is -2.39. The molecule has 5 aromatic rings. The Morgan fingerprint density at radius 1 is 1.14 bits per heavy atom. The van der Waals surface area contributed by atoms with Crippen molar-refractivity contribution in [3.8, 4) is 28.1 Å². The smallest absolute Gasteiger partial charge is 0.294 e. The number of aromatic nitrogens is 4. The highest BCUT2D eigenvalue weighted by atomic mass is 32.1. The number of aliphatic hydroxyl groups is 1. The maximum Gasteiger partial charge on any atom is 0.294 e. The molecule has 0 spiro atoms. The minimum absolute atomic E-state index is 0.000967. The van der Waals surface area contributed by atoms with E-state index >= 15 is 0 Å². The maximum absolute atomic E-state index is 12.8. The number of hydrogen-bond donors (Lipinski definition) is 1. The Bertz CT molecular complexity index is 1710. The molecule has 0 radical (unpaired) electrons. The highest BCUT2D eigenvalue weighted by molar-refractivity contribution is 7.18. The lowest BCUT2D eigenvalue weighted by Gasteiger charge is -2.35. The fourth-order valence-electron chi connectivity index (χ4n) is 5.82. The Hall–Kier alpha value is -3.68. The van der Waals surface area contributed by atoms with Gasteiger partial charge in [-0.3, -0.25) is 4.79 Å². The van der Waals surface area contributed by atoms with Crippen molar-refractivity contribution in [1.82, 2.24) is 24.5 Å². The summed E-state index contributed by atoms with van der Waals surface area (Å²) in [6.45, 7) is 1.95. The van der Waals surface area contributed by atoms with Gasteiger partial charge in [-0.1, -0.05) is 0 Å². The van der Waals surface area contributed by atoms with Gasteiger partial charge in [0.05, 0.1) is 31.5 Å². The summed E-state index contributed by atoms with van der Waals surface area (Å²) in [5.41, 5.74) is 0.971. The molecule has 1 aliphatic heterocycles. The molecule has 42 heavy (non-hydrogen) atoms. The second kappa shape index (κ2) is 10.9. The third-order valence-corrected chi connectivity index (χ3v) is 10.1. The fourth-order valence-corrected chi connectivity index (χ4v) is 7.48. The first-order valence-electron chi connectivity index (χ1n) is 14.0. The molecular weight excluding hydrogens is 578 g/mol. The van der Waals surface area contributed by atoms with Crippen molar-refractivity contribution >= 4 is 44.5 Å². The third kappa shape index (κ3) is 4.99. The van der Waals surface area contributed by atoms with Crippen molar-refractivity contribution in [2.45, 2.75) is 50.7 Å². The molecule has 220 valence electrons. The fraction of sp³-hybridized carbons (Fsp3) is 0.448. The van der Waals surface area contributed by atoms with E-state index in [4.69, 9.17) is 23.6 Å². The number of furan rings is 1. The van der Waals surface area contributed by atoms with Crippen LogP contribution in [0, 0.1) is 5.92 Å². The molecule has 1 saturated heterocycles. The molecule has 1 aliphatic carbocycles. The van der Waals surface area contributed by atoms with E-state index in [9.17, 15) is 9.90 Å². The Labute approximate surface area is 249 Å². The van der Waals surface area contributed by atoms with Gasteiger partial charge in [0.15, 0.2) is 5.76 Å². The van der Waals surface area contributed by atoms with Crippen molar-refractivity contribution in [3.63, 3.8) is 0 Å². The molecule has 1 amide bonds. The predicted octanol–water partition coefficient (Wildman–Crippen LogP) is 5.26. The number of ether oxygens (including phenoxy) is 3. The van der Waals surface area contributed by atoms with Gasteiger partial charge in [0.1, 0.15) is 40.0 Å². The second-order valence-corrected chi connectivity index (χ2v) is 12.6. The van der Waals surface area contributed by atoms with Gasteiger partial charge >= 0.3 is 0 Å². The van der Waals surface area contributed by atoms with Gasteiger partial charge in [-0.2, -0.15) is 0 Å². The predicted molar refractivity (Wildman–Crippen MR) is 157 cm³/mol. The standard InChI is InChI=1S/C29H31N5O6S2/c1-37-19-11-22(20-13-24(40-23(20)12-19)21-14-34-27(31-21)42-28(32-34)38-2)39-15-18-16-41-26(30-18)29(36)7-5-17(6-8-29)25(35)33-9-3-4-10-33/h11-14,16-17,36H,3-10,15H2,1-2H3. The summed E-state index contributed by atoms with van der Waals surface area (Å²) >= 11 is 2.78. The number of methoxy groups -OCH3 is 2. The molecule has 4 aromatic heterocycles. The van der Waals surface area contributed by atoms with E-state index in [0.717, 1.165) is 37.0 Å². The Kier molecular flexibility index (Phi) is 7.03. The quantitative estimate of drug-likeness (QED) is 0.251. The van der Waals surface area contributed by atoms with Gasteiger partial charge in [-0.05, 0) is 55.9 Å². The normalized spacial score (nSPS) is 20.9. The molecule has 7 rings (SSSR count). The lowest BCUT2D eigenvalue weighted by molar-refractivity contribution is -0.137. The van der Waals surface area contributed by atoms with Crippen LogP contribution >= 0.6 is 22.7 Å². The average molecular weight is 610 g/mol. The van der Waals surface area contributed by atoms with Gasteiger partial charge in [0.25, 0.3) is 5.19 Å². The first kappa shape index (κ1) is 27.2. The number of carbonyl (C=O) groups excluding carboxylic acids is 1. The number of hydrogen-bond acceptors (Lipinski definition) is 11. The third-order valence-electron chi connectivity index (χ3n) is 8.17. The first-order chi connectivity index (χ1) is 20.4. The van der Waals surface area contributed by atoms with Crippen molar-refractivity contribution in [1.29, 1.82) is 0 Å². The molecule has 13 heteroatoms. The molecule has 1 saturated carbocycles. The van der Waals surface area contributed by atoms with Gasteiger partial charge in [0.2, 0.25) is 10.9 Å². The zero-order valence-corrected chi connectivity index (χ0v) is 25.0. The Morgan fingerprint density at radius 3 is 2.69 bits per heavy atom. The first-order valence-corrected chi connectivity index (χ1v) is 15.7. The summed E-state index contributed by atoms with van der Waals surface area (Å²) in [4.78, 5) is 24.9. The summed E-state index contributed by atoms with van der Waals surface area (Å²) in [5, 5.41) is 19.7. The number of imidazole rings is 1. The van der Waals surface area contributed by atoms with Crippen LogP contribution in [-0.2, 0) is 17.0 Å². The van der Waals surface area contributed by atoms with Crippen LogP contribution in [0.15, 0.2) is 34.2 Å². The molecule has 2 aliphatic rings. The van der Waals surface area contributed by atoms with Gasteiger partial charge in [-0.25, -0.2) is 14.5 Å². The van der Waals surface area contributed by atoms with Crippen LogP contribution in [0.3, 0.4) is 0 Å². The zero-order chi connectivity index (χ0) is 28.8. The number of benzene rings is 1. The van der Waals surface area contributed by atoms with Crippen molar-refractivity contribution in [2.75, 3.05) is 27.3 Å². The van der Waals surface area contributed by atoms with Crippen LogP contribution in [-0.4, -0.2) is 62.8 Å². The van der Waals surface area contributed by atoms with E-state index in [-0.39, 0.29) is 18.4 Å². The molecule has 5 heterocycles. The lowest BCUT2D eigenvalue weighted by atomic mass is 9.78. The molecule has 0 atom stereocenters. The van der Waals surface area contributed by atoms with E-state index in [2.05, 4.69) is 10.1 Å². The molecule has 2 fully saturated rings. The highest BCUT2D eigenvalue weighted by Gasteiger charge is 2.40. The van der Waals surface area contributed by atoms with Gasteiger partial charge < -0.3 is 28.6 Å². The van der Waals surface area contributed by atoms with E-state index in [1.54, 1.807) is 24.9 Å². The number of fused-ring (bicyclic) bond motifs is 2. The summed E-state index contributed by atoms with van der Waals surface area (Å²) in [6, 6.07) is 5.52. The summed E-state index contributed by atoms with van der Waals surface area (Å²) < 4.78 is 24.7. The number of rotatable bonds is 8. The number of thiazole rings is 1. The Balaban J connectivity index is 1.06. The van der Waals surface area contributed by atoms with Crippen LogP contribution in [0.25, 0.3) is 27.4 Å². The molecular formula is C29H31N5O6S2. The van der Waals surface area contributed by atoms with Crippen LogP contribution < -0.4 is 14.2 Å². The minimum Gasteiger partial charge on any atom is -0.496 e. The summed E-state index contributed by atoms with van der Waals surface area (Å²) in [6.07, 6.45) is 6.40. The molecule has 0 unspecified atom stereocenters. The average Bonchev–Trinajstić information content (AvgIpc) is 3.82. The van der Waals surface area contributed by atoms with E-state index in [1.807, 2.05) is 28.5 Å². The van der Waals surface area contributed by atoms with Gasteiger partial charge in [-0.15, -0.1) is 16.4 Å². The Morgan fingerprint density at radius 2 is 1.95 bits per heavy atom. The minimum atomic E-state index is -1.01. The highest BCUT2D eigenvalue weighted by Crippen LogP contribution is 2.42. The number of amides is 1. The van der Waals surface area contributed by atoms with Crippen molar-refractivity contribution < 1.29 is 28.5 Å². The maximum atomic E-state index is 12.8. The van der Waals surface area contributed by atoms with E-state index in [1.165, 1.54) is 22.7 Å². The van der Waals surface area contributed by atoms with Crippen molar-refractivity contribution in [2.24, 2.45) is 5.92 Å². The van der Waals surface area contributed by atoms with Crippen molar-refractivity contribution in [3.05, 3.63) is 40.5 Å².